The number of H-pyrrole nitrogens is 1. The predicted molar refractivity (Wildman–Crippen MR) is 69.9 cm³/mol. The number of aliphatic hydroxyl groups excluding tert-OH is 1. The molecule has 0 aliphatic heterocycles. The fourth-order valence-corrected chi connectivity index (χ4v) is 1.96. The van der Waals surface area contributed by atoms with Crippen LogP contribution in [0.1, 0.15) is 19.1 Å². The highest BCUT2D eigenvalue weighted by Crippen LogP contribution is 2.24. The molecule has 6 nitrogen and oxygen atoms in total. The van der Waals surface area contributed by atoms with Crippen molar-refractivity contribution in [1.29, 1.82) is 0 Å². The van der Waals surface area contributed by atoms with Gasteiger partial charge in [0.05, 0.1) is 13.2 Å². The molecule has 19 heavy (non-hydrogen) atoms. The number of aromatic amines is 1. The standard InChI is InChI=1S/C13H16N2O4/c16-8-9-19-12(10-4-2-1-3-5-10)15-7-6-11(17)14-13(15)18/h1-2,5-7,12,16H,3-4,8-9H2,(H,14,17,18). The molecule has 1 heterocycles. The Hall–Kier alpha value is -1.92. The van der Waals surface area contributed by atoms with Gasteiger partial charge in [0.1, 0.15) is 0 Å². The second-order valence-corrected chi connectivity index (χ2v) is 4.15. The highest BCUT2D eigenvalue weighted by molar-refractivity contribution is 5.17. The predicted octanol–water partition coefficient (Wildman–Crippen LogP) is 0.321. The van der Waals surface area contributed by atoms with Gasteiger partial charge in [0.25, 0.3) is 5.56 Å². The summed E-state index contributed by atoms with van der Waals surface area (Å²) < 4.78 is 6.85. The Morgan fingerprint density at radius 3 is 2.89 bits per heavy atom. The first-order valence-electron chi connectivity index (χ1n) is 6.10. The molecule has 1 aromatic rings. The van der Waals surface area contributed by atoms with Gasteiger partial charge in [0.2, 0.25) is 0 Å². The van der Waals surface area contributed by atoms with E-state index in [0.29, 0.717) is 6.42 Å². The fraction of sp³-hybridized carbons (Fsp3) is 0.385. The number of hydrogen-bond acceptors (Lipinski definition) is 4. The summed E-state index contributed by atoms with van der Waals surface area (Å²) in [6.07, 6.45) is 8.29. The van der Waals surface area contributed by atoms with Crippen LogP contribution in [0.4, 0.5) is 0 Å². The summed E-state index contributed by atoms with van der Waals surface area (Å²) in [5.74, 6) is 0. The third-order valence-electron chi connectivity index (χ3n) is 2.82. The third-order valence-corrected chi connectivity index (χ3v) is 2.82. The lowest BCUT2D eigenvalue weighted by atomic mass is 10.0. The Bertz CT molecular complexity index is 597. The van der Waals surface area contributed by atoms with Crippen LogP contribution in [0.25, 0.3) is 0 Å². The summed E-state index contributed by atoms with van der Waals surface area (Å²) in [5.41, 5.74) is -0.0318. The second-order valence-electron chi connectivity index (χ2n) is 4.15. The first kappa shape index (κ1) is 13.5. The topological polar surface area (TPSA) is 84.3 Å². The van der Waals surface area contributed by atoms with Crippen molar-refractivity contribution >= 4 is 0 Å². The third kappa shape index (κ3) is 3.30. The molecule has 0 radical (unpaired) electrons. The summed E-state index contributed by atoms with van der Waals surface area (Å²) in [5, 5.41) is 8.87. The number of ether oxygens (including phenoxy) is 1. The molecule has 0 saturated heterocycles. The van der Waals surface area contributed by atoms with Crippen molar-refractivity contribution < 1.29 is 9.84 Å². The van der Waals surface area contributed by atoms with Gasteiger partial charge >= 0.3 is 5.69 Å². The molecule has 1 aliphatic rings. The van der Waals surface area contributed by atoms with Crippen molar-refractivity contribution in [2.45, 2.75) is 19.1 Å². The summed E-state index contributed by atoms with van der Waals surface area (Å²) >= 11 is 0. The van der Waals surface area contributed by atoms with Crippen LogP contribution in [0.2, 0.25) is 0 Å². The molecule has 0 amide bonds. The van der Waals surface area contributed by atoms with E-state index in [1.54, 1.807) is 0 Å². The molecule has 2 N–H and O–H groups in total. The van der Waals surface area contributed by atoms with E-state index in [1.807, 2.05) is 18.2 Å². The van der Waals surface area contributed by atoms with E-state index in [9.17, 15) is 9.59 Å². The maximum Gasteiger partial charge on any atom is 0.330 e. The summed E-state index contributed by atoms with van der Waals surface area (Å²) in [6.45, 7) is -0.00495. The summed E-state index contributed by atoms with van der Waals surface area (Å²) in [4.78, 5) is 25.1. The maximum absolute atomic E-state index is 11.8. The molecule has 2 rings (SSSR count). The van der Waals surface area contributed by atoms with Gasteiger partial charge in [-0.3, -0.25) is 14.3 Å². The Morgan fingerprint density at radius 2 is 2.26 bits per heavy atom. The van der Waals surface area contributed by atoms with Crippen LogP contribution < -0.4 is 11.2 Å². The monoisotopic (exact) mass is 264 g/mol. The van der Waals surface area contributed by atoms with Crippen LogP contribution >= 0.6 is 0 Å². The molecule has 102 valence electrons. The SMILES string of the molecule is O=c1ccn(C(OCCO)C2=CCC=CC2)c(=O)[nH]1. The van der Waals surface area contributed by atoms with Gasteiger partial charge in [0.15, 0.2) is 6.23 Å². The largest absolute Gasteiger partial charge is 0.394 e. The zero-order valence-electron chi connectivity index (χ0n) is 10.4. The molecule has 0 aromatic carbocycles. The van der Waals surface area contributed by atoms with Gasteiger partial charge in [0, 0.05) is 12.3 Å². The van der Waals surface area contributed by atoms with Crippen molar-refractivity contribution in [2.24, 2.45) is 0 Å². The quantitative estimate of drug-likeness (QED) is 0.750. The van der Waals surface area contributed by atoms with E-state index in [2.05, 4.69) is 4.98 Å². The fourth-order valence-electron chi connectivity index (χ4n) is 1.96. The van der Waals surface area contributed by atoms with Gasteiger partial charge in [-0.25, -0.2) is 4.79 Å². The highest BCUT2D eigenvalue weighted by atomic mass is 16.5. The number of rotatable bonds is 5. The highest BCUT2D eigenvalue weighted by Gasteiger charge is 2.18. The van der Waals surface area contributed by atoms with Crippen LogP contribution in [-0.4, -0.2) is 27.9 Å². The average molecular weight is 264 g/mol. The van der Waals surface area contributed by atoms with Crippen LogP contribution in [-0.2, 0) is 4.74 Å². The Labute approximate surface area is 109 Å². The molecule has 1 unspecified atom stereocenters. The van der Waals surface area contributed by atoms with Crippen molar-refractivity contribution in [2.75, 3.05) is 13.2 Å². The molecule has 0 bridgehead atoms. The Morgan fingerprint density at radius 1 is 1.42 bits per heavy atom. The minimum atomic E-state index is -0.596. The average Bonchev–Trinajstić information content (AvgIpc) is 2.42. The van der Waals surface area contributed by atoms with Gasteiger partial charge in [-0.15, -0.1) is 0 Å². The molecular formula is C13H16N2O4. The van der Waals surface area contributed by atoms with E-state index in [-0.39, 0.29) is 13.2 Å². The number of allylic oxidation sites excluding steroid dienone is 3. The number of aliphatic hydroxyl groups is 1. The van der Waals surface area contributed by atoms with E-state index >= 15 is 0 Å². The van der Waals surface area contributed by atoms with Crippen LogP contribution in [0.15, 0.2) is 45.7 Å². The number of hydrogen-bond donors (Lipinski definition) is 2. The minimum absolute atomic E-state index is 0.122. The van der Waals surface area contributed by atoms with E-state index in [4.69, 9.17) is 9.84 Å². The Kier molecular flexibility index (Phi) is 4.48. The lowest BCUT2D eigenvalue weighted by Crippen LogP contribution is -2.33. The first-order valence-corrected chi connectivity index (χ1v) is 6.10. The molecule has 1 aliphatic carbocycles. The zero-order chi connectivity index (χ0) is 13.7. The van der Waals surface area contributed by atoms with Crippen LogP contribution in [0, 0.1) is 0 Å². The van der Waals surface area contributed by atoms with E-state index in [0.717, 1.165) is 12.0 Å². The van der Waals surface area contributed by atoms with Gasteiger partial charge in [-0.2, -0.15) is 0 Å². The Balaban J connectivity index is 2.33. The lowest BCUT2D eigenvalue weighted by Gasteiger charge is -2.23. The number of nitrogens with one attached hydrogen (secondary N) is 1. The summed E-state index contributed by atoms with van der Waals surface area (Å²) in [7, 11) is 0. The van der Waals surface area contributed by atoms with Crippen molar-refractivity contribution in [3.8, 4) is 0 Å². The van der Waals surface area contributed by atoms with E-state index in [1.165, 1.54) is 16.8 Å². The number of aromatic nitrogens is 2. The molecule has 0 fully saturated rings. The minimum Gasteiger partial charge on any atom is -0.394 e. The van der Waals surface area contributed by atoms with Crippen molar-refractivity contribution in [3.05, 3.63) is 56.9 Å². The van der Waals surface area contributed by atoms with Gasteiger partial charge < -0.3 is 9.84 Å². The lowest BCUT2D eigenvalue weighted by molar-refractivity contribution is 0.00408. The molecular weight excluding hydrogens is 248 g/mol. The first-order chi connectivity index (χ1) is 9.22. The second kappa shape index (κ2) is 6.31. The molecule has 1 aromatic heterocycles. The number of nitrogens with zero attached hydrogens (tertiary/aromatic N) is 1. The van der Waals surface area contributed by atoms with Gasteiger partial charge in [-0.05, 0) is 18.4 Å². The molecule has 0 saturated carbocycles. The van der Waals surface area contributed by atoms with Crippen molar-refractivity contribution in [3.63, 3.8) is 0 Å². The van der Waals surface area contributed by atoms with E-state index < -0.39 is 17.5 Å². The maximum atomic E-state index is 11.8. The van der Waals surface area contributed by atoms with Crippen LogP contribution in [0.5, 0.6) is 0 Å². The molecule has 0 spiro atoms. The smallest absolute Gasteiger partial charge is 0.330 e. The van der Waals surface area contributed by atoms with Crippen LogP contribution in [0.3, 0.4) is 0 Å². The van der Waals surface area contributed by atoms with Crippen molar-refractivity contribution in [1.82, 2.24) is 9.55 Å². The normalized spacial score (nSPS) is 16.2. The molecule has 1 atom stereocenters. The summed E-state index contributed by atoms with van der Waals surface area (Å²) in [6, 6.07) is 1.27. The molecule has 6 heteroatoms. The zero-order valence-corrected chi connectivity index (χ0v) is 10.4. The van der Waals surface area contributed by atoms with Gasteiger partial charge in [-0.1, -0.05) is 18.2 Å².